The molecule has 0 aliphatic carbocycles. The first-order valence-electron chi connectivity index (χ1n) is 6.13. The first-order valence-corrected chi connectivity index (χ1v) is 6.13. The maximum atomic E-state index is 12.2. The molecule has 6 nitrogen and oxygen atoms in total. The van der Waals surface area contributed by atoms with Gasteiger partial charge in [0, 0.05) is 0 Å². The van der Waals surface area contributed by atoms with Crippen LogP contribution in [0.3, 0.4) is 0 Å². The van der Waals surface area contributed by atoms with Crippen LogP contribution in [0.5, 0.6) is 0 Å². The topological polar surface area (TPSA) is 90.3 Å². The lowest BCUT2D eigenvalue weighted by atomic mass is 10.1. The molecule has 1 atom stereocenters. The smallest absolute Gasteiger partial charge is 0.249 e. The average Bonchev–Trinajstić information content (AvgIpc) is 2.43. The van der Waals surface area contributed by atoms with Gasteiger partial charge in [0.2, 0.25) is 17.7 Å². The van der Waals surface area contributed by atoms with Gasteiger partial charge in [0.15, 0.2) is 0 Å². The number of carbonyl (C=O) groups is 3. The van der Waals surface area contributed by atoms with Crippen LogP contribution in [-0.2, 0) is 20.8 Å². The fourth-order valence-corrected chi connectivity index (χ4v) is 1.99. The van der Waals surface area contributed by atoms with E-state index in [-0.39, 0.29) is 18.9 Å². The minimum atomic E-state index is -0.654. The van der Waals surface area contributed by atoms with Crippen LogP contribution in [0.25, 0.3) is 0 Å². The number of imide groups is 1. The minimum Gasteiger partial charge on any atom is -0.321 e. The van der Waals surface area contributed by atoms with Crippen molar-refractivity contribution in [3.8, 4) is 6.07 Å². The molecule has 1 unspecified atom stereocenters. The Balaban J connectivity index is 2.08. The van der Waals surface area contributed by atoms with Crippen LogP contribution in [-0.4, -0.2) is 35.2 Å². The maximum Gasteiger partial charge on any atom is 0.249 e. The summed E-state index contributed by atoms with van der Waals surface area (Å²) in [4.78, 5) is 36.2. The van der Waals surface area contributed by atoms with Gasteiger partial charge in [-0.25, -0.2) is 0 Å². The third-order valence-corrected chi connectivity index (χ3v) is 3.18. The fraction of sp³-hybridized carbons (Fsp3) is 0.286. The van der Waals surface area contributed by atoms with Gasteiger partial charge in [-0.05, 0) is 24.6 Å². The molecular weight excluding hydrogens is 258 g/mol. The van der Waals surface area contributed by atoms with Crippen molar-refractivity contribution in [1.82, 2.24) is 10.2 Å². The molecule has 6 heteroatoms. The van der Waals surface area contributed by atoms with E-state index in [9.17, 15) is 14.4 Å². The van der Waals surface area contributed by atoms with E-state index >= 15 is 0 Å². The van der Waals surface area contributed by atoms with Gasteiger partial charge in [-0.1, -0.05) is 12.1 Å². The predicted octanol–water partition coefficient (Wildman–Crippen LogP) is -0.0257. The Morgan fingerprint density at radius 1 is 1.40 bits per heavy atom. The summed E-state index contributed by atoms with van der Waals surface area (Å²) in [6.07, 6.45) is 0.0939. The van der Waals surface area contributed by atoms with Crippen molar-refractivity contribution in [2.75, 3.05) is 6.54 Å². The SMILES string of the molecule is CC1C(=O)NC(=O)CN1C(=O)Cc1ccc(C#N)cc1. The second kappa shape index (κ2) is 5.53. The molecule has 102 valence electrons. The van der Waals surface area contributed by atoms with E-state index in [0.717, 1.165) is 5.56 Å². The van der Waals surface area contributed by atoms with E-state index in [2.05, 4.69) is 5.32 Å². The highest BCUT2D eigenvalue weighted by molar-refractivity contribution is 6.04. The molecule has 1 heterocycles. The van der Waals surface area contributed by atoms with Crippen molar-refractivity contribution >= 4 is 17.7 Å². The summed E-state index contributed by atoms with van der Waals surface area (Å²) in [7, 11) is 0. The molecule has 0 aromatic heterocycles. The van der Waals surface area contributed by atoms with Crippen molar-refractivity contribution in [3.05, 3.63) is 35.4 Å². The summed E-state index contributed by atoms with van der Waals surface area (Å²) in [5.74, 6) is -1.22. The normalized spacial score (nSPS) is 18.4. The number of hydrogen-bond donors (Lipinski definition) is 1. The van der Waals surface area contributed by atoms with E-state index in [1.54, 1.807) is 31.2 Å². The summed E-state index contributed by atoms with van der Waals surface area (Å²) in [5, 5.41) is 10.9. The molecule has 3 amide bonds. The number of nitrogens with one attached hydrogen (secondary N) is 1. The molecule has 1 N–H and O–H groups in total. The van der Waals surface area contributed by atoms with Crippen LogP contribution < -0.4 is 5.32 Å². The van der Waals surface area contributed by atoms with Gasteiger partial charge in [-0.2, -0.15) is 5.26 Å². The highest BCUT2D eigenvalue weighted by atomic mass is 16.2. The van der Waals surface area contributed by atoms with Crippen LogP contribution in [0.15, 0.2) is 24.3 Å². The number of rotatable bonds is 2. The fourth-order valence-electron chi connectivity index (χ4n) is 1.99. The van der Waals surface area contributed by atoms with Gasteiger partial charge in [0.05, 0.1) is 18.1 Å². The third-order valence-electron chi connectivity index (χ3n) is 3.18. The molecule has 1 aromatic carbocycles. The van der Waals surface area contributed by atoms with Crippen molar-refractivity contribution < 1.29 is 14.4 Å². The largest absolute Gasteiger partial charge is 0.321 e. The molecule has 0 saturated carbocycles. The molecule has 1 saturated heterocycles. The molecular formula is C14H13N3O3. The van der Waals surface area contributed by atoms with Crippen molar-refractivity contribution in [1.29, 1.82) is 5.26 Å². The number of amides is 3. The number of benzene rings is 1. The Hall–Kier alpha value is -2.68. The zero-order valence-electron chi connectivity index (χ0n) is 10.9. The lowest BCUT2D eigenvalue weighted by Crippen LogP contribution is -2.58. The maximum absolute atomic E-state index is 12.2. The number of nitriles is 1. The van der Waals surface area contributed by atoms with Gasteiger partial charge in [0.1, 0.15) is 12.6 Å². The van der Waals surface area contributed by atoms with Crippen LogP contribution in [0.2, 0.25) is 0 Å². The molecule has 1 aliphatic rings. The number of hydrogen-bond acceptors (Lipinski definition) is 4. The van der Waals surface area contributed by atoms with Gasteiger partial charge >= 0.3 is 0 Å². The van der Waals surface area contributed by atoms with Gasteiger partial charge < -0.3 is 4.90 Å². The van der Waals surface area contributed by atoms with Crippen LogP contribution in [0, 0.1) is 11.3 Å². The Labute approximate surface area is 116 Å². The molecule has 20 heavy (non-hydrogen) atoms. The van der Waals surface area contributed by atoms with Crippen molar-refractivity contribution in [2.24, 2.45) is 0 Å². The molecule has 2 rings (SSSR count). The van der Waals surface area contributed by atoms with E-state index in [1.165, 1.54) is 4.90 Å². The minimum absolute atomic E-state index is 0.0939. The molecule has 0 spiro atoms. The Bertz CT molecular complexity index is 601. The summed E-state index contributed by atoms with van der Waals surface area (Å²) in [6.45, 7) is 1.47. The predicted molar refractivity (Wildman–Crippen MR) is 69.2 cm³/mol. The molecule has 1 fully saturated rings. The lowest BCUT2D eigenvalue weighted by molar-refractivity contribution is -0.149. The van der Waals surface area contributed by atoms with E-state index in [4.69, 9.17) is 5.26 Å². The molecule has 1 aliphatic heterocycles. The summed E-state index contributed by atoms with van der Waals surface area (Å²) in [5.41, 5.74) is 1.25. The van der Waals surface area contributed by atoms with Gasteiger partial charge in [0.25, 0.3) is 0 Å². The highest BCUT2D eigenvalue weighted by Gasteiger charge is 2.33. The summed E-state index contributed by atoms with van der Waals surface area (Å²) < 4.78 is 0. The quantitative estimate of drug-likeness (QED) is 0.765. The summed E-state index contributed by atoms with van der Waals surface area (Å²) >= 11 is 0. The monoisotopic (exact) mass is 271 g/mol. The molecule has 1 aromatic rings. The van der Waals surface area contributed by atoms with Crippen molar-refractivity contribution in [2.45, 2.75) is 19.4 Å². The lowest BCUT2D eigenvalue weighted by Gasteiger charge is -2.31. The summed E-state index contributed by atoms with van der Waals surface area (Å²) in [6, 6.07) is 7.97. The van der Waals surface area contributed by atoms with Crippen LogP contribution in [0.1, 0.15) is 18.1 Å². The third kappa shape index (κ3) is 2.83. The number of piperazine rings is 1. The Morgan fingerprint density at radius 3 is 2.65 bits per heavy atom. The molecule has 0 radical (unpaired) electrons. The molecule has 0 bridgehead atoms. The van der Waals surface area contributed by atoms with E-state index < -0.39 is 17.9 Å². The van der Waals surface area contributed by atoms with Gasteiger partial charge in [-0.3, -0.25) is 19.7 Å². The second-order valence-corrected chi connectivity index (χ2v) is 4.60. The van der Waals surface area contributed by atoms with E-state index in [1.807, 2.05) is 6.07 Å². The number of carbonyl (C=O) groups excluding carboxylic acids is 3. The Morgan fingerprint density at radius 2 is 2.05 bits per heavy atom. The highest BCUT2D eigenvalue weighted by Crippen LogP contribution is 2.10. The van der Waals surface area contributed by atoms with Crippen molar-refractivity contribution in [3.63, 3.8) is 0 Å². The van der Waals surface area contributed by atoms with Gasteiger partial charge in [-0.15, -0.1) is 0 Å². The first-order chi connectivity index (χ1) is 9.51. The second-order valence-electron chi connectivity index (χ2n) is 4.60. The van der Waals surface area contributed by atoms with E-state index in [0.29, 0.717) is 5.56 Å². The Kier molecular flexibility index (Phi) is 3.80. The zero-order valence-corrected chi connectivity index (χ0v) is 10.9. The van der Waals surface area contributed by atoms with Crippen LogP contribution in [0.4, 0.5) is 0 Å². The average molecular weight is 271 g/mol. The number of nitrogens with zero attached hydrogens (tertiary/aromatic N) is 2. The zero-order chi connectivity index (χ0) is 14.7. The first kappa shape index (κ1) is 13.7. The van der Waals surface area contributed by atoms with Crippen LogP contribution >= 0.6 is 0 Å². The standard InChI is InChI=1S/C14H13N3O3/c1-9-14(20)16-12(18)8-17(9)13(19)6-10-2-4-11(7-15)5-3-10/h2-5,9H,6,8H2,1H3,(H,16,18,20).